The molecule has 1 aromatic carbocycles. The molecule has 0 radical (unpaired) electrons. The van der Waals surface area contributed by atoms with Gasteiger partial charge in [-0.25, -0.2) is 9.97 Å². The molecule has 1 unspecified atom stereocenters. The summed E-state index contributed by atoms with van der Waals surface area (Å²) in [5.74, 6) is 0.397. The fourth-order valence-electron chi connectivity index (χ4n) is 3.56. The number of para-hydroxylation sites is 1. The number of pyridine rings is 1. The predicted molar refractivity (Wildman–Crippen MR) is 102 cm³/mol. The van der Waals surface area contributed by atoms with Gasteiger partial charge in [0.2, 0.25) is 5.91 Å². The Labute approximate surface area is 165 Å². The molecule has 1 fully saturated rings. The van der Waals surface area contributed by atoms with Gasteiger partial charge in [0.1, 0.15) is 18.4 Å². The number of nitrogens with zero attached hydrogens (tertiary/aromatic N) is 5. The Kier molecular flexibility index (Phi) is 4.81. The van der Waals surface area contributed by atoms with E-state index >= 15 is 0 Å². The van der Waals surface area contributed by atoms with Gasteiger partial charge in [-0.2, -0.15) is 13.2 Å². The molecule has 150 valence electrons. The zero-order valence-corrected chi connectivity index (χ0v) is 15.6. The van der Waals surface area contributed by atoms with Crippen LogP contribution >= 0.6 is 0 Å². The van der Waals surface area contributed by atoms with Gasteiger partial charge in [0, 0.05) is 36.9 Å². The van der Waals surface area contributed by atoms with Crippen molar-refractivity contribution >= 4 is 22.6 Å². The molecule has 1 aliphatic heterocycles. The summed E-state index contributed by atoms with van der Waals surface area (Å²) < 4.78 is 38.2. The summed E-state index contributed by atoms with van der Waals surface area (Å²) in [6.07, 6.45) is -0.839. The van der Waals surface area contributed by atoms with E-state index < -0.39 is 24.7 Å². The number of anilines is 1. The van der Waals surface area contributed by atoms with Crippen LogP contribution in [0.5, 0.6) is 0 Å². The van der Waals surface area contributed by atoms with Crippen LogP contribution in [0.15, 0.2) is 48.8 Å². The second-order valence-electron chi connectivity index (χ2n) is 6.92. The maximum atomic E-state index is 12.7. The normalized spacial score (nSPS) is 17.2. The molecule has 0 spiro atoms. The van der Waals surface area contributed by atoms with Gasteiger partial charge in [0.15, 0.2) is 5.82 Å². The SMILES string of the molecule is CN(c1nc(-c2cccnc2)nc2ccccc12)C1CCN(CC(F)(F)F)C1=O. The Morgan fingerprint density at radius 3 is 2.69 bits per heavy atom. The van der Waals surface area contributed by atoms with Gasteiger partial charge in [0.05, 0.1) is 5.52 Å². The molecule has 0 bridgehead atoms. The van der Waals surface area contributed by atoms with Crippen molar-refractivity contribution in [2.75, 3.05) is 25.0 Å². The summed E-state index contributed by atoms with van der Waals surface area (Å²) in [5, 5.41) is 0.727. The molecule has 1 aliphatic rings. The number of likely N-dealkylation sites (tertiary alicyclic amines) is 1. The second kappa shape index (κ2) is 7.31. The number of fused-ring (bicyclic) bond motifs is 1. The van der Waals surface area contributed by atoms with E-state index in [9.17, 15) is 18.0 Å². The van der Waals surface area contributed by atoms with E-state index in [2.05, 4.69) is 15.0 Å². The van der Waals surface area contributed by atoms with E-state index in [1.165, 1.54) is 0 Å². The summed E-state index contributed by atoms with van der Waals surface area (Å²) in [7, 11) is 1.68. The number of alkyl halides is 3. The number of aromatic nitrogens is 3. The highest BCUT2D eigenvalue weighted by molar-refractivity contribution is 5.94. The molecule has 3 aromatic rings. The van der Waals surface area contributed by atoms with Crippen molar-refractivity contribution in [2.45, 2.75) is 18.6 Å². The van der Waals surface area contributed by atoms with Crippen molar-refractivity contribution in [3.63, 3.8) is 0 Å². The van der Waals surface area contributed by atoms with Crippen molar-refractivity contribution in [2.24, 2.45) is 0 Å². The molecule has 0 N–H and O–H groups in total. The van der Waals surface area contributed by atoms with E-state index in [0.29, 0.717) is 29.1 Å². The number of halogens is 3. The lowest BCUT2D eigenvalue weighted by Gasteiger charge is -2.26. The highest BCUT2D eigenvalue weighted by atomic mass is 19.4. The van der Waals surface area contributed by atoms with E-state index in [1.54, 1.807) is 30.4 Å². The van der Waals surface area contributed by atoms with Crippen LogP contribution in [0, 0.1) is 0 Å². The molecule has 0 aliphatic carbocycles. The van der Waals surface area contributed by atoms with Gasteiger partial charge >= 0.3 is 6.18 Å². The summed E-state index contributed by atoms with van der Waals surface area (Å²) >= 11 is 0. The largest absolute Gasteiger partial charge is 0.406 e. The Bertz CT molecular complexity index is 1040. The van der Waals surface area contributed by atoms with E-state index in [0.717, 1.165) is 10.3 Å². The van der Waals surface area contributed by atoms with E-state index in [-0.39, 0.29) is 6.54 Å². The Morgan fingerprint density at radius 1 is 1.17 bits per heavy atom. The lowest BCUT2D eigenvalue weighted by molar-refractivity contribution is -0.157. The molecule has 6 nitrogen and oxygen atoms in total. The van der Waals surface area contributed by atoms with Crippen LogP contribution in [-0.2, 0) is 4.79 Å². The first-order valence-electron chi connectivity index (χ1n) is 9.09. The highest BCUT2D eigenvalue weighted by Gasteiger charge is 2.41. The Morgan fingerprint density at radius 2 is 1.97 bits per heavy atom. The standard InChI is InChI=1S/C20H18F3N5O/c1-27(16-8-10-28(19(16)29)12-20(21,22)23)18-14-6-2-3-7-15(14)25-17(26-18)13-5-4-9-24-11-13/h2-7,9,11,16H,8,10,12H2,1H3. The average Bonchev–Trinajstić information content (AvgIpc) is 3.06. The molecule has 9 heteroatoms. The van der Waals surface area contributed by atoms with Gasteiger partial charge in [-0.15, -0.1) is 0 Å². The molecule has 4 rings (SSSR count). The summed E-state index contributed by atoms with van der Waals surface area (Å²) in [4.78, 5) is 28.4. The van der Waals surface area contributed by atoms with Crippen molar-refractivity contribution < 1.29 is 18.0 Å². The van der Waals surface area contributed by atoms with Crippen molar-refractivity contribution in [1.29, 1.82) is 0 Å². The molecule has 0 saturated carbocycles. The minimum atomic E-state index is -4.42. The van der Waals surface area contributed by atoms with Crippen molar-refractivity contribution in [3.05, 3.63) is 48.8 Å². The maximum Gasteiger partial charge on any atom is 0.406 e. The lowest BCUT2D eigenvalue weighted by atomic mass is 10.1. The monoisotopic (exact) mass is 401 g/mol. The maximum absolute atomic E-state index is 12.7. The highest BCUT2D eigenvalue weighted by Crippen LogP contribution is 2.31. The molecule has 1 amide bonds. The van der Waals surface area contributed by atoms with E-state index in [4.69, 9.17) is 0 Å². The van der Waals surface area contributed by atoms with Crippen LogP contribution in [0.1, 0.15) is 6.42 Å². The van der Waals surface area contributed by atoms with Crippen LogP contribution in [0.2, 0.25) is 0 Å². The number of carbonyl (C=O) groups is 1. The van der Waals surface area contributed by atoms with Crippen LogP contribution in [0.3, 0.4) is 0 Å². The molecule has 1 atom stereocenters. The zero-order valence-electron chi connectivity index (χ0n) is 15.6. The van der Waals surface area contributed by atoms with Crippen LogP contribution < -0.4 is 4.90 Å². The minimum absolute atomic E-state index is 0.0613. The number of rotatable bonds is 4. The van der Waals surface area contributed by atoms with Gasteiger partial charge in [0.25, 0.3) is 0 Å². The first-order valence-corrected chi connectivity index (χ1v) is 9.09. The van der Waals surface area contributed by atoms with Crippen molar-refractivity contribution in [1.82, 2.24) is 19.9 Å². The van der Waals surface area contributed by atoms with Gasteiger partial charge in [-0.1, -0.05) is 12.1 Å². The first-order chi connectivity index (χ1) is 13.8. The van der Waals surface area contributed by atoms with Crippen LogP contribution in [0.25, 0.3) is 22.3 Å². The Balaban J connectivity index is 1.72. The summed E-state index contributed by atoms with van der Waals surface area (Å²) in [5.41, 5.74) is 1.39. The summed E-state index contributed by atoms with van der Waals surface area (Å²) in [6, 6.07) is 10.2. The number of hydrogen-bond donors (Lipinski definition) is 0. The van der Waals surface area contributed by atoms with Crippen LogP contribution in [0.4, 0.5) is 19.0 Å². The van der Waals surface area contributed by atoms with Crippen LogP contribution in [-0.4, -0.2) is 58.1 Å². The quantitative estimate of drug-likeness (QED) is 0.671. The molecule has 29 heavy (non-hydrogen) atoms. The smallest absolute Gasteiger partial charge is 0.347 e. The predicted octanol–water partition coefficient (Wildman–Crippen LogP) is 3.29. The number of benzene rings is 1. The van der Waals surface area contributed by atoms with Gasteiger partial charge < -0.3 is 9.80 Å². The molecule has 2 aromatic heterocycles. The fourth-order valence-corrected chi connectivity index (χ4v) is 3.56. The third-order valence-electron chi connectivity index (χ3n) is 4.94. The van der Waals surface area contributed by atoms with Gasteiger partial charge in [-0.3, -0.25) is 9.78 Å². The van der Waals surface area contributed by atoms with Gasteiger partial charge in [-0.05, 0) is 30.7 Å². The number of likely N-dealkylation sites (N-methyl/N-ethyl adjacent to an activating group) is 1. The topological polar surface area (TPSA) is 62.2 Å². The first kappa shape index (κ1) is 19.1. The number of carbonyl (C=O) groups excluding carboxylic acids is 1. The lowest BCUT2D eigenvalue weighted by Crippen LogP contribution is -2.43. The fraction of sp³-hybridized carbons (Fsp3) is 0.300. The summed E-state index contributed by atoms with van der Waals surface area (Å²) in [6.45, 7) is -1.17. The molecular formula is C20H18F3N5O. The number of amides is 1. The molecule has 3 heterocycles. The van der Waals surface area contributed by atoms with Crippen molar-refractivity contribution in [3.8, 4) is 11.4 Å². The Hall–Kier alpha value is -3.23. The minimum Gasteiger partial charge on any atom is -0.347 e. The zero-order chi connectivity index (χ0) is 20.6. The third kappa shape index (κ3) is 3.85. The number of hydrogen-bond acceptors (Lipinski definition) is 5. The van der Waals surface area contributed by atoms with E-state index in [1.807, 2.05) is 30.3 Å². The molecular weight excluding hydrogens is 383 g/mol. The average molecular weight is 401 g/mol. The second-order valence-corrected chi connectivity index (χ2v) is 6.92. The molecule has 1 saturated heterocycles. The third-order valence-corrected chi connectivity index (χ3v) is 4.94.